The molecule has 1 amide bonds. The lowest BCUT2D eigenvalue weighted by atomic mass is 10.1. The van der Waals surface area contributed by atoms with E-state index >= 15 is 0 Å². The predicted octanol–water partition coefficient (Wildman–Crippen LogP) is 5.09. The Morgan fingerprint density at radius 1 is 1.03 bits per heavy atom. The van der Waals surface area contributed by atoms with Crippen molar-refractivity contribution in [1.82, 2.24) is 14.9 Å². The summed E-state index contributed by atoms with van der Waals surface area (Å²) in [6.45, 7) is 0.664. The number of amides is 1. The largest absolute Gasteiger partial charge is 0.416 e. The zero-order valence-electron chi connectivity index (χ0n) is 15.1. The molecular formula is C21H16F3N3OS. The van der Waals surface area contributed by atoms with Crippen molar-refractivity contribution >= 4 is 27.5 Å². The number of nitrogens with zero attached hydrogens (tertiary/aromatic N) is 2. The summed E-state index contributed by atoms with van der Waals surface area (Å²) in [7, 11) is 0. The summed E-state index contributed by atoms with van der Waals surface area (Å²) in [6.07, 6.45) is -1.06. The van der Waals surface area contributed by atoms with Crippen LogP contribution >= 0.6 is 11.3 Å². The van der Waals surface area contributed by atoms with Crippen LogP contribution in [0.15, 0.2) is 66.3 Å². The second kappa shape index (κ2) is 7.71. The van der Waals surface area contributed by atoms with E-state index < -0.39 is 11.7 Å². The number of aromatic nitrogens is 2. The van der Waals surface area contributed by atoms with Gasteiger partial charge in [0.2, 0.25) is 0 Å². The standard InChI is InChI=1S/C21H16F3N3OS/c22-21(23,24)16-3-1-15(2-4-16)13-27-17-7-10-29-19(17)11-18(27)20(28)26-12-14-5-8-25-9-6-14/h1-11H,12-13H2,(H,26,28). The molecule has 0 saturated heterocycles. The van der Waals surface area contributed by atoms with Crippen LogP contribution in [0, 0.1) is 0 Å². The van der Waals surface area contributed by atoms with Gasteiger partial charge < -0.3 is 9.88 Å². The van der Waals surface area contributed by atoms with Crippen LogP contribution in [0.25, 0.3) is 10.2 Å². The van der Waals surface area contributed by atoms with Gasteiger partial charge in [-0.15, -0.1) is 11.3 Å². The summed E-state index contributed by atoms with van der Waals surface area (Å²) in [4.78, 5) is 16.7. The fourth-order valence-corrected chi connectivity index (χ4v) is 3.91. The average Bonchev–Trinajstić information content (AvgIpc) is 3.29. The number of hydrogen-bond donors (Lipinski definition) is 1. The minimum absolute atomic E-state index is 0.239. The first-order valence-corrected chi connectivity index (χ1v) is 9.70. The molecule has 4 rings (SSSR count). The van der Waals surface area contributed by atoms with E-state index in [1.165, 1.54) is 23.5 Å². The first kappa shape index (κ1) is 19.2. The van der Waals surface area contributed by atoms with Crippen molar-refractivity contribution in [1.29, 1.82) is 0 Å². The zero-order chi connectivity index (χ0) is 20.4. The highest BCUT2D eigenvalue weighted by atomic mass is 32.1. The number of thiophene rings is 1. The normalized spacial score (nSPS) is 11.7. The third-order valence-corrected chi connectivity index (χ3v) is 5.43. The van der Waals surface area contributed by atoms with Crippen LogP contribution < -0.4 is 5.32 Å². The lowest BCUT2D eigenvalue weighted by Gasteiger charge is -2.12. The summed E-state index contributed by atoms with van der Waals surface area (Å²) in [5.74, 6) is -0.239. The number of alkyl halides is 3. The number of halogens is 3. The Balaban J connectivity index is 1.58. The lowest BCUT2D eigenvalue weighted by molar-refractivity contribution is -0.137. The van der Waals surface area contributed by atoms with Gasteiger partial charge in [0.05, 0.1) is 15.8 Å². The van der Waals surface area contributed by atoms with E-state index in [9.17, 15) is 18.0 Å². The minimum atomic E-state index is -4.37. The number of pyridine rings is 1. The molecule has 0 radical (unpaired) electrons. The van der Waals surface area contributed by atoms with E-state index in [0.717, 1.165) is 27.9 Å². The van der Waals surface area contributed by atoms with Gasteiger partial charge in [0.25, 0.3) is 5.91 Å². The van der Waals surface area contributed by atoms with Crippen molar-refractivity contribution in [3.05, 3.63) is 88.7 Å². The van der Waals surface area contributed by atoms with Crippen molar-refractivity contribution in [2.24, 2.45) is 0 Å². The highest BCUT2D eigenvalue weighted by molar-refractivity contribution is 7.17. The molecule has 148 valence electrons. The molecule has 8 heteroatoms. The van der Waals surface area contributed by atoms with Gasteiger partial charge in [-0.3, -0.25) is 9.78 Å². The second-order valence-corrected chi connectivity index (χ2v) is 7.47. The van der Waals surface area contributed by atoms with Crippen LogP contribution in [0.1, 0.15) is 27.2 Å². The molecule has 0 spiro atoms. The van der Waals surface area contributed by atoms with Gasteiger partial charge in [-0.1, -0.05) is 12.1 Å². The minimum Gasteiger partial charge on any atom is -0.347 e. The van der Waals surface area contributed by atoms with E-state index in [-0.39, 0.29) is 5.91 Å². The van der Waals surface area contributed by atoms with Gasteiger partial charge in [0.1, 0.15) is 5.69 Å². The Morgan fingerprint density at radius 2 is 1.76 bits per heavy atom. The third-order valence-electron chi connectivity index (χ3n) is 4.58. The van der Waals surface area contributed by atoms with Crippen molar-refractivity contribution in [3.63, 3.8) is 0 Å². The molecule has 1 aromatic carbocycles. The van der Waals surface area contributed by atoms with Crippen LogP contribution in [0.3, 0.4) is 0 Å². The quantitative estimate of drug-likeness (QED) is 0.493. The molecule has 0 aliphatic rings. The molecule has 3 heterocycles. The van der Waals surface area contributed by atoms with E-state index in [2.05, 4.69) is 10.3 Å². The van der Waals surface area contributed by atoms with Crippen molar-refractivity contribution in [2.45, 2.75) is 19.3 Å². The first-order chi connectivity index (χ1) is 13.9. The number of hydrogen-bond acceptors (Lipinski definition) is 3. The molecule has 1 N–H and O–H groups in total. The Hall–Kier alpha value is -3.13. The topological polar surface area (TPSA) is 46.9 Å². The maximum absolute atomic E-state index is 12.8. The first-order valence-electron chi connectivity index (χ1n) is 8.82. The Labute approximate surface area is 168 Å². The smallest absolute Gasteiger partial charge is 0.347 e. The molecule has 0 bridgehead atoms. The van der Waals surface area contributed by atoms with Gasteiger partial charge in [0, 0.05) is 25.5 Å². The van der Waals surface area contributed by atoms with Gasteiger partial charge >= 0.3 is 6.18 Å². The fraction of sp³-hybridized carbons (Fsp3) is 0.143. The number of benzene rings is 1. The van der Waals surface area contributed by atoms with Crippen molar-refractivity contribution < 1.29 is 18.0 Å². The van der Waals surface area contributed by atoms with Gasteiger partial charge in [-0.2, -0.15) is 13.2 Å². The van der Waals surface area contributed by atoms with E-state index in [1.54, 1.807) is 12.4 Å². The fourth-order valence-electron chi connectivity index (χ4n) is 3.09. The van der Waals surface area contributed by atoms with Crippen LogP contribution in [0.2, 0.25) is 0 Å². The maximum atomic E-state index is 12.8. The Morgan fingerprint density at radius 3 is 2.45 bits per heavy atom. The molecule has 3 aromatic heterocycles. The monoisotopic (exact) mass is 415 g/mol. The van der Waals surface area contributed by atoms with Crippen LogP contribution in [-0.2, 0) is 19.3 Å². The number of carbonyl (C=O) groups is 1. The number of carbonyl (C=O) groups excluding carboxylic acids is 1. The SMILES string of the molecule is O=C(NCc1ccncc1)c1cc2sccc2n1Cc1ccc(C(F)(F)F)cc1. The average molecular weight is 415 g/mol. The molecule has 0 unspecified atom stereocenters. The Kier molecular flexibility index (Phi) is 5.10. The highest BCUT2D eigenvalue weighted by Crippen LogP contribution is 2.30. The molecule has 4 nitrogen and oxygen atoms in total. The maximum Gasteiger partial charge on any atom is 0.416 e. The van der Waals surface area contributed by atoms with Crippen LogP contribution in [0.4, 0.5) is 13.2 Å². The molecule has 0 aliphatic heterocycles. The zero-order valence-corrected chi connectivity index (χ0v) is 15.9. The van der Waals surface area contributed by atoms with Crippen LogP contribution in [0.5, 0.6) is 0 Å². The summed E-state index contributed by atoms with van der Waals surface area (Å²) >= 11 is 1.51. The molecule has 0 fully saturated rings. The summed E-state index contributed by atoms with van der Waals surface area (Å²) in [6, 6.07) is 12.4. The third kappa shape index (κ3) is 4.17. The van der Waals surface area contributed by atoms with Crippen molar-refractivity contribution in [2.75, 3.05) is 0 Å². The number of fused-ring (bicyclic) bond motifs is 1. The number of nitrogens with one attached hydrogen (secondary N) is 1. The van der Waals surface area contributed by atoms with Crippen molar-refractivity contribution in [3.8, 4) is 0 Å². The van der Waals surface area contributed by atoms with E-state index in [4.69, 9.17) is 0 Å². The lowest BCUT2D eigenvalue weighted by Crippen LogP contribution is -2.25. The molecule has 4 aromatic rings. The summed E-state index contributed by atoms with van der Waals surface area (Å²) in [5, 5.41) is 4.81. The second-order valence-electron chi connectivity index (χ2n) is 6.52. The molecule has 0 aliphatic carbocycles. The van der Waals surface area contributed by atoms with Gasteiger partial charge in [-0.25, -0.2) is 0 Å². The van der Waals surface area contributed by atoms with Crippen LogP contribution in [-0.4, -0.2) is 15.5 Å². The molecule has 0 atom stereocenters. The highest BCUT2D eigenvalue weighted by Gasteiger charge is 2.30. The Bertz CT molecular complexity index is 1130. The molecular weight excluding hydrogens is 399 g/mol. The van der Waals surface area contributed by atoms with Gasteiger partial charge in [-0.05, 0) is 52.9 Å². The summed E-state index contributed by atoms with van der Waals surface area (Å²) in [5.41, 5.74) is 2.27. The predicted molar refractivity (Wildman–Crippen MR) is 106 cm³/mol. The van der Waals surface area contributed by atoms with E-state index in [0.29, 0.717) is 24.3 Å². The molecule has 0 saturated carbocycles. The molecule has 29 heavy (non-hydrogen) atoms. The summed E-state index contributed by atoms with van der Waals surface area (Å²) < 4.78 is 41.2. The number of rotatable bonds is 5. The van der Waals surface area contributed by atoms with E-state index in [1.807, 2.05) is 34.2 Å². The van der Waals surface area contributed by atoms with Gasteiger partial charge in [0.15, 0.2) is 0 Å².